The van der Waals surface area contributed by atoms with Crippen LogP contribution in [0, 0.1) is 0 Å². The summed E-state index contributed by atoms with van der Waals surface area (Å²) in [6, 6.07) is 18.8. The van der Waals surface area contributed by atoms with Crippen molar-refractivity contribution in [1.29, 1.82) is 0 Å². The van der Waals surface area contributed by atoms with Crippen LogP contribution in [0.4, 0.5) is 5.95 Å². The highest BCUT2D eigenvalue weighted by Gasteiger charge is 2.25. The first-order chi connectivity index (χ1) is 10.8. The second-order valence-corrected chi connectivity index (χ2v) is 6.12. The molecule has 5 heteroatoms. The van der Waals surface area contributed by atoms with Crippen molar-refractivity contribution < 1.29 is 0 Å². The van der Waals surface area contributed by atoms with Crippen LogP contribution in [0.2, 0.25) is 0 Å². The summed E-state index contributed by atoms with van der Waals surface area (Å²) >= 11 is 3.47. The van der Waals surface area contributed by atoms with Crippen LogP contribution in [-0.2, 0) is 0 Å². The number of hydrogen-bond acceptors (Lipinski definition) is 3. The molecule has 1 atom stereocenters. The van der Waals surface area contributed by atoms with Crippen LogP contribution in [0.5, 0.6) is 0 Å². The van der Waals surface area contributed by atoms with Crippen LogP contribution < -0.4 is 0 Å². The molecule has 0 fully saturated rings. The maximum atomic E-state index is 4.67. The number of halogens is 1. The fraction of sp³-hybridized carbons (Fsp3) is 0.118. The highest BCUT2D eigenvalue weighted by atomic mass is 79.9. The molecule has 2 heterocycles. The number of fused-ring (bicyclic) bond motifs is 1. The Kier molecular flexibility index (Phi) is 3.35. The minimum absolute atomic E-state index is 0.134. The average molecular weight is 353 g/mol. The van der Waals surface area contributed by atoms with Crippen molar-refractivity contribution >= 4 is 27.6 Å². The lowest BCUT2D eigenvalue weighted by Gasteiger charge is -2.23. The molecule has 0 amide bonds. The molecule has 4 rings (SSSR count). The summed E-state index contributed by atoms with van der Waals surface area (Å²) in [5.74, 6) is 0.665. The summed E-state index contributed by atoms with van der Waals surface area (Å²) in [6.07, 6.45) is 2.38. The standard InChI is InChI=1S/C17H13BrN4/c18-14-8-6-12(7-9-14)15-10-16(13-4-2-1-3-5-13)22-17(21-15)19-11-20-22/h1-9,11,16H,10H2. The number of rotatable bonds is 2. The van der Waals surface area contributed by atoms with Gasteiger partial charge in [0.25, 0.3) is 0 Å². The van der Waals surface area contributed by atoms with Crippen molar-refractivity contribution in [1.82, 2.24) is 14.8 Å². The lowest BCUT2D eigenvalue weighted by atomic mass is 9.96. The maximum Gasteiger partial charge on any atom is 0.248 e. The zero-order chi connectivity index (χ0) is 14.9. The van der Waals surface area contributed by atoms with E-state index in [1.54, 1.807) is 6.33 Å². The third kappa shape index (κ3) is 2.37. The molecular weight excluding hydrogens is 340 g/mol. The number of hydrogen-bond donors (Lipinski definition) is 0. The Bertz CT molecular complexity index is 821. The second kappa shape index (κ2) is 5.50. The van der Waals surface area contributed by atoms with Gasteiger partial charge in [-0.15, -0.1) is 0 Å². The van der Waals surface area contributed by atoms with Crippen molar-refractivity contribution in [2.45, 2.75) is 12.5 Å². The van der Waals surface area contributed by atoms with Gasteiger partial charge >= 0.3 is 0 Å². The van der Waals surface area contributed by atoms with Crippen molar-refractivity contribution in [2.24, 2.45) is 4.99 Å². The van der Waals surface area contributed by atoms with E-state index in [0.29, 0.717) is 5.95 Å². The number of nitrogens with zero attached hydrogens (tertiary/aromatic N) is 4. The summed E-state index contributed by atoms with van der Waals surface area (Å²) in [4.78, 5) is 8.95. The molecule has 4 nitrogen and oxygen atoms in total. The van der Waals surface area contributed by atoms with Gasteiger partial charge in [0, 0.05) is 10.9 Å². The largest absolute Gasteiger partial charge is 0.248 e. The second-order valence-electron chi connectivity index (χ2n) is 5.20. The fourth-order valence-corrected chi connectivity index (χ4v) is 3.00. The Morgan fingerprint density at radius 2 is 1.77 bits per heavy atom. The average Bonchev–Trinajstić information content (AvgIpc) is 3.04. The van der Waals surface area contributed by atoms with Crippen molar-refractivity contribution in [2.75, 3.05) is 0 Å². The van der Waals surface area contributed by atoms with Gasteiger partial charge < -0.3 is 0 Å². The van der Waals surface area contributed by atoms with Crippen LogP contribution in [0.15, 0.2) is 70.4 Å². The number of aromatic nitrogens is 3. The highest BCUT2D eigenvalue weighted by Crippen LogP contribution is 2.32. The van der Waals surface area contributed by atoms with E-state index in [1.807, 2.05) is 22.9 Å². The molecule has 1 unspecified atom stereocenters. The predicted octanol–water partition coefficient (Wildman–Crippen LogP) is 4.15. The molecule has 1 aliphatic heterocycles. The number of benzene rings is 2. The third-order valence-corrected chi connectivity index (χ3v) is 4.36. The molecule has 0 aliphatic carbocycles. The summed E-state index contributed by atoms with van der Waals surface area (Å²) in [6.45, 7) is 0. The molecule has 1 aliphatic rings. The molecule has 0 N–H and O–H groups in total. The first-order valence-corrected chi connectivity index (χ1v) is 7.88. The highest BCUT2D eigenvalue weighted by molar-refractivity contribution is 9.10. The Morgan fingerprint density at radius 3 is 2.55 bits per heavy atom. The summed E-state index contributed by atoms with van der Waals surface area (Å²) in [5.41, 5.74) is 3.39. The zero-order valence-corrected chi connectivity index (χ0v) is 13.3. The maximum absolute atomic E-state index is 4.67. The molecule has 0 radical (unpaired) electrons. The fourth-order valence-electron chi connectivity index (χ4n) is 2.74. The Balaban J connectivity index is 1.78. The van der Waals surface area contributed by atoms with E-state index in [4.69, 9.17) is 0 Å². The van der Waals surface area contributed by atoms with E-state index in [0.717, 1.165) is 22.2 Å². The summed E-state index contributed by atoms with van der Waals surface area (Å²) in [7, 11) is 0. The van der Waals surface area contributed by atoms with Crippen molar-refractivity contribution in [3.05, 3.63) is 76.5 Å². The van der Waals surface area contributed by atoms with Crippen molar-refractivity contribution in [3.63, 3.8) is 0 Å². The minimum atomic E-state index is 0.134. The molecule has 0 saturated heterocycles. The van der Waals surface area contributed by atoms with Crippen LogP contribution in [-0.4, -0.2) is 20.5 Å². The molecular formula is C17H13BrN4. The third-order valence-electron chi connectivity index (χ3n) is 3.83. The minimum Gasteiger partial charge on any atom is -0.222 e. The number of aliphatic imine (C=N–C) groups is 1. The van der Waals surface area contributed by atoms with E-state index in [1.165, 1.54) is 5.56 Å². The van der Waals surface area contributed by atoms with Crippen LogP contribution >= 0.6 is 15.9 Å². The lowest BCUT2D eigenvalue weighted by molar-refractivity contribution is 0.531. The van der Waals surface area contributed by atoms with Gasteiger partial charge in [0.05, 0.1) is 11.8 Å². The van der Waals surface area contributed by atoms with Gasteiger partial charge in [-0.2, -0.15) is 10.1 Å². The van der Waals surface area contributed by atoms with E-state index in [9.17, 15) is 0 Å². The van der Waals surface area contributed by atoms with E-state index >= 15 is 0 Å². The van der Waals surface area contributed by atoms with Crippen LogP contribution in [0.1, 0.15) is 23.6 Å². The molecule has 0 bridgehead atoms. The SMILES string of the molecule is Brc1ccc(C2=Nc3ncnn3C(c3ccccc3)C2)cc1. The Hall–Kier alpha value is -2.27. The van der Waals surface area contributed by atoms with Crippen LogP contribution in [0.3, 0.4) is 0 Å². The lowest BCUT2D eigenvalue weighted by Crippen LogP contribution is -2.21. The molecule has 1 aromatic heterocycles. The normalized spacial score (nSPS) is 17.0. The first-order valence-electron chi connectivity index (χ1n) is 7.09. The van der Waals surface area contributed by atoms with E-state index in [2.05, 4.69) is 67.4 Å². The molecule has 2 aromatic carbocycles. The Labute approximate surface area is 136 Å². The predicted molar refractivity (Wildman–Crippen MR) is 89.6 cm³/mol. The van der Waals surface area contributed by atoms with Gasteiger partial charge in [-0.1, -0.05) is 58.4 Å². The quantitative estimate of drug-likeness (QED) is 0.695. The molecule has 0 saturated carbocycles. The zero-order valence-electron chi connectivity index (χ0n) is 11.7. The molecule has 22 heavy (non-hydrogen) atoms. The van der Waals surface area contributed by atoms with Gasteiger partial charge in [0.1, 0.15) is 6.33 Å². The summed E-state index contributed by atoms with van der Waals surface area (Å²) < 4.78 is 2.97. The van der Waals surface area contributed by atoms with Crippen LogP contribution in [0.25, 0.3) is 0 Å². The first kappa shape index (κ1) is 13.4. The molecule has 108 valence electrons. The van der Waals surface area contributed by atoms with Gasteiger partial charge in [-0.05, 0) is 23.3 Å². The Morgan fingerprint density at radius 1 is 1.00 bits per heavy atom. The van der Waals surface area contributed by atoms with E-state index < -0.39 is 0 Å². The monoisotopic (exact) mass is 352 g/mol. The van der Waals surface area contributed by atoms with Gasteiger partial charge in [-0.3, -0.25) is 0 Å². The molecule has 0 spiro atoms. The van der Waals surface area contributed by atoms with Gasteiger partial charge in [0.2, 0.25) is 5.95 Å². The van der Waals surface area contributed by atoms with Gasteiger partial charge in [-0.25, -0.2) is 9.67 Å². The smallest absolute Gasteiger partial charge is 0.222 e. The van der Waals surface area contributed by atoms with Gasteiger partial charge in [0.15, 0.2) is 0 Å². The topological polar surface area (TPSA) is 43.1 Å². The summed E-state index contributed by atoms with van der Waals surface area (Å²) in [5, 5.41) is 4.35. The van der Waals surface area contributed by atoms with E-state index in [-0.39, 0.29) is 6.04 Å². The molecule has 3 aromatic rings. The van der Waals surface area contributed by atoms with Crippen molar-refractivity contribution in [3.8, 4) is 0 Å².